The van der Waals surface area contributed by atoms with E-state index in [1.807, 2.05) is 0 Å². The van der Waals surface area contributed by atoms with E-state index in [0.717, 1.165) is 5.69 Å². The molecule has 0 radical (unpaired) electrons. The van der Waals surface area contributed by atoms with Crippen LogP contribution in [0.5, 0.6) is 0 Å². The molecule has 1 heterocycles. The summed E-state index contributed by atoms with van der Waals surface area (Å²) in [7, 11) is 0. The summed E-state index contributed by atoms with van der Waals surface area (Å²) in [5.41, 5.74) is 1.88. The lowest BCUT2D eigenvalue weighted by Gasteiger charge is -2.14. The molecular weight excluding hydrogens is 324 g/mol. The van der Waals surface area contributed by atoms with Crippen molar-refractivity contribution in [2.75, 3.05) is 23.3 Å². The molecule has 1 aliphatic heterocycles. The van der Waals surface area contributed by atoms with Gasteiger partial charge in [-0.05, 0) is 37.3 Å². The lowest BCUT2D eigenvalue weighted by atomic mass is 10.1. The van der Waals surface area contributed by atoms with E-state index in [9.17, 15) is 19.7 Å². The van der Waals surface area contributed by atoms with Crippen molar-refractivity contribution in [3.05, 3.63) is 63.7 Å². The molecule has 0 spiro atoms. The first-order valence-corrected chi connectivity index (χ1v) is 7.67. The van der Waals surface area contributed by atoms with E-state index in [4.69, 9.17) is 0 Å². The van der Waals surface area contributed by atoms with Gasteiger partial charge in [0, 0.05) is 41.7 Å². The van der Waals surface area contributed by atoms with E-state index in [-0.39, 0.29) is 17.3 Å². The van der Waals surface area contributed by atoms with Crippen LogP contribution in [-0.2, 0) is 0 Å². The number of rotatable bonds is 4. The van der Waals surface area contributed by atoms with Crippen LogP contribution in [0.15, 0.2) is 42.5 Å². The molecule has 2 aromatic carbocycles. The van der Waals surface area contributed by atoms with E-state index in [0.29, 0.717) is 24.3 Å². The summed E-state index contributed by atoms with van der Waals surface area (Å²) in [5.74, 6) is -0.435. The summed E-state index contributed by atoms with van der Waals surface area (Å²) in [6, 6.07) is 11.0. The average Bonchev–Trinajstić information content (AvgIpc) is 3.01. The van der Waals surface area contributed by atoms with E-state index in [1.165, 1.54) is 6.07 Å². The maximum Gasteiger partial charge on any atom is 0.321 e. The Labute approximate surface area is 143 Å². The summed E-state index contributed by atoms with van der Waals surface area (Å²) in [4.78, 5) is 36.0. The first kappa shape index (κ1) is 16.4. The van der Waals surface area contributed by atoms with Crippen molar-refractivity contribution in [3.63, 3.8) is 0 Å². The van der Waals surface area contributed by atoms with Gasteiger partial charge in [-0.3, -0.25) is 19.8 Å². The fourth-order valence-electron chi connectivity index (χ4n) is 2.59. The highest BCUT2D eigenvalue weighted by atomic mass is 16.6. The molecule has 0 bridgehead atoms. The normalized spacial score (nSPS) is 13.5. The summed E-state index contributed by atoms with van der Waals surface area (Å²) >= 11 is 0. The summed E-state index contributed by atoms with van der Waals surface area (Å²) < 4.78 is 0. The molecule has 2 aromatic rings. The average molecular weight is 340 g/mol. The van der Waals surface area contributed by atoms with E-state index in [1.54, 1.807) is 48.2 Å². The highest BCUT2D eigenvalue weighted by Gasteiger charge is 2.21. The number of nitrogens with one attached hydrogen (secondary N) is 2. The van der Waals surface area contributed by atoms with Crippen LogP contribution in [0.3, 0.4) is 0 Å². The molecule has 2 N–H and O–H groups in total. The molecule has 3 amide bonds. The van der Waals surface area contributed by atoms with Crippen LogP contribution >= 0.6 is 0 Å². The minimum atomic E-state index is -0.512. The minimum Gasteiger partial charge on any atom is -0.336 e. The Balaban J connectivity index is 1.74. The van der Waals surface area contributed by atoms with E-state index >= 15 is 0 Å². The van der Waals surface area contributed by atoms with Gasteiger partial charge in [-0.15, -0.1) is 0 Å². The zero-order chi connectivity index (χ0) is 18.0. The van der Waals surface area contributed by atoms with Crippen molar-refractivity contribution >= 4 is 29.0 Å². The lowest BCUT2D eigenvalue weighted by molar-refractivity contribution is -0.385. The number of nitrogens with zero attached hydrogens (tertiary/aromatic N) is 2. The number of carbonyl (C=O) groups is 2. The van der Waals surface area contributed by atoms with Crippen LogP contribution < -0.4 is 15.5 Å². The van der Waals surface area contributed by atoms with Crippen molar-refractivity contribution in [3.8, 4) is 0 Å². The SMILES string of the molecule is Cc1ccc(C(=O)Nc2ccc(N3CCNC3=O)cc2)cc1[N+](=O)[O-]. The Hall–Kier alpha value is -3.42. The molecule has 0 unspecified atom stereocenters. The zero-order valence-corrected chi connectivity index (χ0v) is 13.5. The molecule has 1 saturated heterocycles. The molecule has 8 heteroatoms. The number of nitro benzene ring substituents is 1. The molecular formula is C17H16N4O4. The highest BCUT2D eigenvalue weighted by Crippen LogP contribution is 2.22. The van der Waals surface area contributed by atoms with Crippen molar-refractivity contribution in [1.82, 2.24) is 5.32 Å². The Morgan fingerprint density at radius 2 is 1.96 bits per heavy atom. The van der Waals surface area contributed by atoms with Gasteiger partial charge in [0.1, 0.15) is 0 Å². The number of benzene rings is 2. The molecule has 8 nitrogen and oxygen atoms in total. The van der Waals surface area contributed by atoms with Gasteiger partial charge < -0.3 is 10.6 Å². The Kier molecular flexibility index (Phi) is 4.34. The molecule has 1 fully saturated rings. The second kappa shape index (κ2) is 6.60. The first-order valence-electron chi connectivity index (χ1n) is 7.67. The minimum absolute atomic E-state index is 0.0944. The second-order valence-electron chi connectivity index (χ2n) is 5.64. The van der Waals surface area contributed by atoms with Gasteiger partial charge in [0.25, 0.3) is 11.6 Å². The molecule has 3 rings (SSSR count). The highest BCUT2D eigenvalue weighted by molar-refractivity contribution is 6.05. The van der Waals surface area contributed by atoms with Crippen molar-refractivity contribution in [1.29, 1.82) is 0 Å². The van der Waals surface area contributed by atoms with Crippen LogP contribution in [-0.4, -0.2) is 30.0 Å². The number of amides is 3. The Bertz CT molecular complexity index is 848. The summed E-state index contributed by atoms with van der Waals surface area (Å²) in [6.45, 7) is 2.81. The fourth-order valence-corrected chi connectivity index (χ4v) is 2.59. The Morgan fingerprint density at radius 3 is 2.56 bits per heavy atom. The topological polar surface area (TPSA) is 105 Å². The third-order valence-electron chi connectivity index (χ3n) is 3.96. The van der Waals surface area contributed by atoms with Crippen molar-refractivity contribution in [2.45, 2.75) is 6.92 Å². The smallest absolute Gasteiger partial charge is 0.321 e. The van der Waals surface area contributed by atoms with Crippen molar-refractivity contribution in [2.24, 2.45) is 0 Å². The summed E-state index contributed by atoms with van der Waals surface area (Å²) in [6.07, 6.45) is 0. The van der Waals surface area contributed by atoms with Crippen LogP contribution in [0.25, 0.3) is 0 Å². The van der Waals surface area contributed by atoms with Gasteiger partial charge in [-0.2, -0.15) is 0 Å². The van der Waals surface area contributed by atoms with Gasteiger partial charge >= 0.3 is 6.03 Å². The molecule has 128 valence electrons. The third-order valence-corrected chi connectivity index (χ3v) is 3.96. The quantitative estimate of drug-likeness (QED) is 0.659. The predicted molar refractivity (Wildman–Crippen MR) is 93.0 cm³/mol. The largest absolute Gasteiger partial charge is 0.336 e. The molecule has 25 heavy (non-hydrogen) atoms. The number of hydrogen-bond donors (Lipinski definition) is 2. The van der Waals surface area contributed by atoms with E-state index < -0.39 is 10.8 Å². The van der Waals surface area contributed by atoms with Crippen LogP contribution in [0.4, 0.5) is 21.9 Å². The van der Waals surface area contributed by atoms with Gasteiger partial charge in [-0.25, -0.2) is 4.79 Å². The van der Waals surface area contributed by atoms with Gasteiger partial charge in [0.15, 0.2) is 0 Å². The van der Waals surface area contributed by atoms with Gasteiger partial charge in [-0.1, -0.05) is 6.07 Å². The monoisotopic (exact) mass is 340 g/mol. The predicted octanol–water partition coefficient (Wildman–Crippen LogP) is 2.69. The van der Waals surface area contributed by atoms with Crippen LogP contribution in [0.2, 0.25) is 0 Å². The molecule has 0 atom stereocenters. The molecule has 0 saturated carbocycles. The zero-order valence-electron chi connectivity index (χ0n) is 13.5. The second-order valence-corrected chi connectivity index (χ2v) is 5.64. The third kappa shape index (κ3) is 3.42. The molecule has 0 aromatic heterocycles. The fraction of sp³-hybridized carbons (Fsp3) is 0.176. The van der Waals surface area contributed by atoms with E-state index in [2.05, 4.69) is 10.6 Å². The number of hydrogen-bond acceptors (Lipinski definition) is 4. The number of nitro groups is 1. The first-order chi connectivity index (χ1) is 12.0. The number of anilines is 2. The number of carbonyl (C=O) groups excluding carboxylic acids is 2. The van der Waals surface area contributed by atoms with Gasteiger partial charge in [0.05, 0.1) is 4.92 Å². The summed E-state index contributed by atoms with van der Waals surface area (Å²) in [5, 5.41) is 16.4. The van der Waals surface area contributed by atoms with Gasteiger partial charge in [0.2, 0.25) is 0 Å². The number of aryl methyl sites for hydroxylation is 1. The van der Waals surface area contributed by atoms with Crippen LogP contribution in [0.1, 0.15) is 15.9 Å². The molecule has 1 aliphatic rings. The standard InChI is InChI=1S/C17H16N4O4/c1-11-2-3-12(10-15(11)21(24)25)16(22)19-13-4-6-14(7-5-13)20-9-8-18-17(20)23/h2-7,10H,8-9H2,1H3,(H,18,23)(H,19,22). The Morgan fingerprint density at radius 1 is 1.24 bits per heavy atom. The maximum atomic E-state index is 12.3. The number of urea groups is 1. The van der Waals surface area contributed by atoms with Crippen LogP contribution in [0, 0.1) is 17.0 Å². The maximum absolute atomic E-state index is 12.3. The molecule has 0 aliphatic carbocycles. The van der Waals surface area contributed by atoms with Crippen molar-refractivity contribution < 1.29 is 14.5 Å². The lowest BCUT2D eigenvalue weighted by Crippen LogP contribution is -2.27.